The number of nitrogens with zero attached hydrogens (tertiary/aromatic N) is 2. The molecule has 1 fully saturated rings. The van der Waals surface area contributed by atoms with E-state index in [-0.39, 0.29) is 22.8 Å². The van der Waals surface area contributed by atoms with Crippen molar-refractivity contribution in [2.24, 2.45) is 5.92 Å². The highest BCUT2D eigenvalue weighted by molar-refractivity contribution is 7.89. The number of aromatic nitrogens is 1. The Kier molecular flexibility index (Phi) is 6.21. The highest BCUT2D eigenvalue weighted by atomic mass is 32.2. The van der Waals surface area contributed by atoms with E-state index in [1.54, 1.807) is 24.3 Å². The fourth-order valence-electron chi connectivity index (χ4n) is 3.87. The summed E-state index contributed by atoms with van der Waals surface area (Å²) in [6, 6.07) is 11.0. The molecule has 32 heavy (non-hydrogen) atoms. The Bertz CT molecular complexity index is 1280. The molecule has 0 radical (unpaired) electrons. The van der Waals surface area contributed by atoms with Crippen molar-refractivity contribution < 1.29 is 22.4 Å². The van der Waals surface area contributed by atoms with Crippen LogP contribution in [0.15, 0.2) is 56.6 Å². The minimum atomic E-state index is -3.67. The minimum Gasteiger partial charge on any atom is -0.494 e. The van der Waals surface area contributed by atoms with Crippen molar-refractivity contribution in [3.63, 3.8) is 0 Å². The molecule has 0 saturated carbocycles. The Balaban J connectivity index is 1.58. The van der Waals surface area contributed by atoms with Crippen LogP contribution in [0.1, 0.15) is 37.0 Å². The quantitative estimate of drug-likeness (QED) is 0.504. The van der Waals surface area contributed by atoms with Gasteiger partial charge in [0.2, 0.25) is 10.0 Å². The number of hydrogen-bond acceptors (Lipinski definition) is 6. The molecule has 0 unspecified atom stereocenters. The number of ether oxygens (including phenoxy) is 1. The van der Waals surface area contributed by atoms with Crippen molar-refractivity contribution >= 4 is 26.9 Å². The Morgan fingerprint density at radius 1 is 1.12 bits per heavy atom. The molecule has 1 aliphatic rings. The molecule has 3 aromatic rings. The van der Waals surface area contributed by atoms with Gasteiger partial charge in [-0.3, -0.25) is 9.36 Å². The van der Waals surface area contributed by atoms with Crippen molar-refractivity contribution in [1.29, 1.82) is 0 Å². The summed E-state index contributed by atoms with van der Waals surface area (Å²) < 4.78 is 39.3. The second-order valence-corrected chi connectivity index (χ2v) is 9.99. The van der Waals surface area contributed by atoms with Crippen LogP contribution >= 0.6 is 0 Å². The number of ketones is 1. The van der Waals surface area contributed by atoms with Crippen molar-refractivity contribution in [3.05, 3.63) is 58.6 Å². The van der Waals surface area contributed by atoms with Crippen LogP contribution in [0, 0.1) is 5.92 Å². The summed E-state index contributed by atoms with van der Waals surface area (Å²) in [5.41, 5.74) is 0.953. The molecule has 8 nitrogen and oxygen atoms in total. The SMILES string of the molecule is CCOc1ccc(C(=O)Cn2c(=O)oc3cc(S(=O)(=O)N4CCC(C)CC4)ccc32)cc1. The van der Waals surface area contributed by atoms with Gasteiger partial charge in [-0.1, -0.05) is 6.92 Å². The van der Waals surface area contributed by atoms with Gasteiger partial charge in [0.05, 0.1) is 23.6 Å². The summed E-state index contributed by atoms with van der Waals surface area (Å²) in [5, 5.41) is 0. The Morgan fingerprint density at radius 2 is 1.81 bits per heavy atom. The predicted molar refractivity (Wildman–Crippen MR) is 120 cm³/mol. The maximum Gasteiger partial charge on any atom is 0.420 e. The third kappa shape index (κ3) is 4.35. The van der Waals surface area contributed by atoms with E-state index < -0.39 is 15.8 Å². The topological polar surface area (TPSA) is 98.8 Å². The lowest BCUT2D eigenvalue weighted by Crippen LogP contribution is -2.37. The number of carbonyl (C=O) groups is 1. The lowest BCUT2D eigenvalue weighted by molar-refractivity contribution is 0.0970. The molecule has 0 N–H and O–H groups in total. The van der Waals surface area contributed by atoms with Gasteiger partial charge in [-0.2, -0.15) is 4.31 Å². The van der Waals surface area contributed by atoms with Gasteiger partial charge in [0, 0.05) is 24.7 Å². The molecular formula is C23H26N2O6S. The van der Waals surface area contributed by atoms with Crippen LogP contribution in [-0.2, 0) is 16.6 Å². The molecule has 1 aromatic heterocycles. The molecule has 2 aromatic carbocycles. The Morgan fingerprint density at radius 3 is 2.47 bits per heavy atom. The highest BCUT2D eigenvalue weighted by Crippen LogP contribution is 2.26. The number of carbonyl (C=O) groups excluding carboxylic acids is 1. The zero-order chi connectivity index (χ0) is 22.9. The van der Waals surface area contributed by atoms with E-state index in [0.717, 1.165) is 12.8 Å². The Hall–Kier alpha value is -2.91. The Labute approximate surface area is 186 Å². The normalized spacial score (nSPS) is 15.8. The number of fused-ring (bicyclic) bond motifs is 1. The number of hydrogen-bond donors (Lipinski definition) is 0. The van der Waals surface area contributed by atoms with Crippen LogP contribution in [-0.4, -0.2) is 42.8 Å². The summed E-state index contributed by atoms with van der Waals surface area (Å²) in [7, 11) is -3.67. The molecule has 9 heteroatoms. The molecule has 0 spiro atoms. The van der Waals surface area contributed by atoms with Gasteiger partial charge in [-0.25, -0.2) is 13.2 Å². The van der Waals surface area contributed by atoms with Gasteiger partial charge < -0.3 is 9.15 Å². The van der Waals surface area contributed by atoms with Gasteiger partial charge in [-0.15, -0.1) is 0 Å². The number of Topliss-reactive ketones (excluding diaryl/α,β-unsaturated/α-hetero) is 1. The van der Waals surface area contributed by atoms with Crippen molar-refractivity contribution in [3.8, 4) is 5.75 Å². The number of sulfonamides is 1. The molecule has 1 saturated heterocycles. The van der Waals surface area contributed by atoms with Crippen LogP contribution in [0.5, 0.6) is 5.75 Å². The van der Waals surface area contributed by atoms with Crippen LogP contribution in [0.2, 0.25) is 0 Å². The van der Waals surface area contributed by atoms with E-state index in [9.17, 15) is 18.0 Å². The third-order valence-electron chi connectivity index (χ3n) is 5.81. The number of oxazole rings is 1. The minimum absolute atomic E-state index is 0.0818. The molecule has 170 valence electrons. The lowest BCUT2D eigenvalue weighted by Gasteiger charge is -2.29. The molecule has 0 atom stereocenters. The summed E-state index contributed by atoms with van der Waals surface area (Å²) in [6.07, 6.45) is 1.64. The van der Waals surface area contributed by atoms with Crippen LogP contribution in [0.3, 0.4) is 0 Å². The fourth-order valence-corrected chi connectivity index (χ4v) is 5.36. The predicted octanol–water partition coefficient (Wildman–Crippen LogP) is 3.30. The lowest BCUT2D eigenvalue weighted by atomic mass is 10.0. The number of benzene rings is 2. The molecule has 0 aliphatic carbocycles. The largest absolute Gasteiger partial charge is 0.494 e. The first-order chi connectivity index (χ1) is 15.3. The van der Waals surface area contributed by atoms with E-state index in [1.165, 1.54) is 27.1 Å². The number of rotatable bonds is 7. The van der Waals surface area contributed by atoms with E-state index in [1.807, 2.05) is 6.92 Å². The molecule has 1 aliphatic heterocycles. The van der Waals surface area contributed by atoms with E-state index >= 15 is 0 Å². The summed E-state index contributed by atoms with van der Waals surface area (Å²) in [6.45, 7) is 5.25. The maximum atomic E-state index is 13.0. The molecule has 2 heterocycles. The van der Waals surface area contributed by atoms with E-state index in [0.29, 0.717) is 42.4 Å². The molecule has 4 rings (SSSR count). The van der Waals surface area contributed by atoms with Gasteiger partial charge in [-0.05, 0) is 62.1 Å². The first kappa shape index (κ1) is 22.3. The van der Waals surface area contributed by atoms with E-state index in [2.05, 4.69) is 6.92 Å². The van der Waals surface area contributed by atoms with Gasteiger partial charge in [0.25, 0.3) is 0 Å². The zero-order valence-corrected chi connectivity index (χ0v) is 18.9. The maximum absolute atomic E-state index is 13.0. The van der Waals surface area contributed by atoms with Gasteiger partial charge >= 0.3 is 5.76 Å². The number of piperidine rings is 1. The molecule has 0 bridgehead atoms. The first-order valence-electron chi connectivity index (χ1n) is 10.7. The fraction of sp³-hybridized carbons (Fsp3) is 0.391. The molecular weight excluding hydrogens is 432 g/mol. The summed E-state index contributed by atoms with van der Waals surface area (Å²) >= 11 is 0. The summed E-state index contributed by atoms with van der Waals surface area (Å²) in [4.78, 5) is 25.2. The third-order valence-corrected chi connectivity index (χ3v) is 7.70. The van der Waals surface area contributed by atoms with Crippen molar-refractivity contribution in [2.75, 3.05) is 19.7 Å². The standard InChI is InChI=1S/C23H26N2O6S/c1-3-30-18-6-4-17(5-7-18)21(26)15-25-20-9-8-19(14-22(20)31-23(25)27)32(28,29)24-12-10-16(2)11-13-24/h4-9,14,16H,3,10-13,15H2,1-2H3. The van der Waals surface area contributed by atoms with Crippen molar-refractivity contribution in [2.45, 2.75) is 38.1 Å². The summed E-state index contributed by atoms with van der Waals surface area (Å²) in [5.74, 6) is 0.188. The average molecular weight is 459 g/mol. The highest BCUT2D eigenvalue weighted by Gasteiger charge is 2.29. The monoisotopic (exact) mass is 458 g/mol. The van der Waals surface area contributed by atoms with Crippen LogP contribution < -0.4 is 10.5 Å². The molecule has 0 amide bonds. The zero-order valence-electron chi connectivity index (χ0n) is 18.1. The second-order valence-electron chi connectivity index (χ2n) is 8.05. The smallest absolute Gasteiger partial charge is 0.420 e. The van der Waals surface area contributed by atoms with E-state index in [4.69, 9.17) is 9.15 Å². The van der Waals surface area contributed by atoms with Crippen molar-refractivity contribution in [1.82, 2.24) is 8.87 Å². The van der Waals surface area contributed by atoms with Crippen LogP contribution in [0.4, 0.5) is 0 Å². The average Bonchev–Trinajstić information content (AvgIpc) is 3.09. The van der Waals surface area contributed by atoms with Gasteiger partial charge in [0.1, 0.15) is 5.75 Å². The van der Waals surface area contributed by atoms with Crippen LogP contribution in [0.25, 0.3) is 11.1 Å². The van der Waals surface area contributed by atoms with Gasteiger partial charge in [0.15, 0.2) is 11.4 Å². The second kappa shape index (κ2) is 8.91. The first-order valence-corrected chi connectivity index (χ1v) is 12.1.